The highest BCUT2D eigenvalue weighted by Gasteiger charge is 2.46. The lowest BCUT2D eigenvalue weighted by Gasteiger charge is -2.35. The molecule has 3 saturated carbocycles. The number of para-hydroxylation sites is 1. The number of nitrogens with one attached hydrogen (secondary N) is 1. The summed E-state index contributed by atoms with van der Waals surface area (Å²) in [6.45, 7) is 0.758. The fourth-order valence-corrected chi connectivity index (χ4v) is 8.95. The Balaban J connectivity index is 1.11. The molecule has 3 aliphatic carbocycles. The molecule has 1 N–H and O–H groups in total. The lowest BCUT2D eigenvalue weighted by Crippen LogP contribution is -2.47. The molecule has 6 rings (SSSR count). The van der Waals surface area contributed by atoms with Crippen molar-refractivity contribution < 1.29 is 13.2 Å². The molecule has 4 aliphatic rings. The summed E-state index contributed by atoms with van der Waals surface area (Å²) in [5.74, 6) is 3.35. The Morgan fingerprint density at radius 3 is 2.52 bits per heavy atom. The maximum absolute atomic E-state index is 13.4. The number of aromatic nitrogens is 1. The van der Waals surface area contributed by atoms with Crippen LogP contribution in [0.25, 0.3) is 10.9 Å². The van der Waals surface area contributed by atoms with E-state index in [0.29, 0.717) is 43.4 Å². The second-order valence-corrected chi connectivity index (χ2v) is 12.7. The van der Waals surface area contributed by atoms with E-state index >= 15 is 0 Å². The number of hydrogen-bond acceptors (Lipinski definition) is 4. The first-order valence-electron chi connectivity index (χ1n) is 12.6. The lowest BCUT2D eigenvalue weighted by atomic mass is 9.77. The van der Waals surface area contributed by atoms with Gasteiger partial charge in [0.25, 0.3) is 0 Å². The number of piperidine rings is 1. The lowest BCUT2D eigenvalue weighted by molar-refractivity contribution is -0.127. The minimum absolute atomic E-state index is 0.0979. The molecule has 5 unspecified atom stereocenters. The largest absolute Gasteiger partial charge is 0.353 e. The minimum atomic E-state index is -3.64. The summed E-state index contributed by atoms with van der Waals surface area (Å²) in [5.41, 5.74) is 0.511. The minimum Gasteiger partial charge on any atom is -0.353 e. The summed E-state index contributed by atoms with van der Waals surface area (Å²) in [6, 6.07) is 9.29. The second-order valence-electron chi connectivity index (χ2n) is 10.8. The number of sulfonamides is 1. The average molecular weight is 468 g/mol. The summed E-state index contributed by atoms with van der Waals surface area (Å²) in [5, 5.41) is 4.24. The van der Waals surface area contributed by atoms with Gasteiger partial charge in [-0.3, -0.25) is 9.78 Å². The molecule has 3 bridgehead atoms. The number of carbonyl (C=O) groups excluding carboxylic acids is 1. The van der Waals surface area contributed by atoms with Gasteiger partial charge in [0, 0.05) is 36.6 Å². The number of rotatable bonds is 4. The molecule has 0 spiro atoms. The molecule has 33 heavy (non-hydrogen) atoms. The van der Waals surface area contributed by atoms with Gasteiger partial charge in [-0.25, -0.2) is 8.42 Å². The van der Waals surface area contributed by atoms with Crippen molar-refractivity contribution in [3.63, 3.8) is 0 Å². The highest BCUT2D eigenvalue weighted by molar-refractivity contribution is 7.89. The van der Waals surface area contributed by atoms with Gasteiger partial charge in [-0.05, 0) is 87.2 Å². The van der Waals surface area contributed by atoms with Crippen molar-refractivity contribution in [1.29, 1.82) is 0 Å². The number of hydrogen-bond donors (Lipinski definition) is 1. The molecule has 5 atom stereocenters. The van der Waals surface area contributed by atoms with Crippen molar-refractivity contribution in [2.75, 3.05) is 13.1 Å². The molecule has 2 heterocycles. The summed E-state index contributed by atoms with van der Waals surface area (Å²) in [6.07, 6.45) is 10.6. The van der Waals surface area contributed by atoms with Crippen molar-refractivity contribution in [3.05, 3.63) is 36.5 Å². The van der Waals surface area contributed by atoms with Gasteiger partial charge in [0.05, 0.1) is 5.52 Å². The standard InChI is InChI=1S/C26H33N3O3S/c30-26(28-23-7-6-20-13-17-14-21(20)16-22(23)15-17)19-8-11-29(12-9-19)33(31,32)24-5-1-3-18-4-2-10-27-25(18)24/h1-5,10,17,19-23H,6-9,11-16H2,(H,28,30). The molecule has 7 heteroatoms. The van der Waals surface area contributed by atoms with Crippen molar-refractivity contribution in [2.24, 2.45) is 29.6 Å². The SMILES string of the molecule is O=C(NC1CCC2CC3CC2CC1C3)C1CCN(S(=O)(=O)c2cccc3cccnc23)CC1. The normalized spacial score (nSPS) is 32.7. The first kappa shape index (κ1) is 21.5. The molecule has 6 nitrogen and oxygen atoms in total. The predicted octanol–water partition coefficient (Wildman–Crippen LogP) is 3.97. The van der Waals surface area contributed by atoms with Crippen LogP contribution in [0.3, 0.4) is 0 Å². The van der Waals surface area contributed by atoms with Crippen molar-refractivity contribution >= 4 is 26.8 Å². The second kappa shape index (κ2) is 8.35. The van der Waals surface area contributed by atoms with Crippen LogP contribution in [0.2, 0.25) is 0 Å². The van der Waals surface area contributed by atoms with Gasteiger partial charge in [-0.1, -0.05) is 18.2 Å². The van der Waals surface area contributed by atoms with E-state index in [9.17, 15) is 13.2 Å². The van der Waals surface area contributed by atoms with Crippen molar-refractivity contribution in [2.45, 2.75) is 62.3 Å². The van der Waals surface area contributed by atoms with Crippen LogP contribution in [0, 0.1) is 29.6 Å². The predicted molar refractivity (Wildman–Crippen MR) is 127 cm³/mol. The summed E-state index contributed by atoms with van der Waals surface area (Å²) < 4.78 is 28.3. The first-order valence-corrected chi connectivity index (χ1v) is 14.1. The fourth-order valence-electron chi connectivity index (χ4n) is 7.32. The van der Waals surface area contributed by atoms with Crippen LogP contribution in [0.15, 0.2) is 41.4 Å². The van der Waals surface area contributed by atoms with Crippen molar-refractivity contribution in [3.8, 4) is 0 Å². The zero-order valence-corrected chi connectivity index (χ0v) is 19.8. The Morgan fingerprint density at radius 2 is 1.67 bits per heavy atom. The molecule has 4 fully saturated rings. The van der Waals surface area contributed by atoms with Crippen LogP contribution < -0.4 is 5.32 Å². The Labute approximate surface area is 196 Å². The molecule has 2 aromatic rings. The van der Waals surface area contributed by atoms with E-state index in [1.807, 2.05) is 18.2 Å². The number of fused-ring (bicyclic) bond motifs is 3. The maximum Gasteiger partial charge on any atom is 0.245 e. The third-order valence-corrected chi connectivity index (χ3v) is 10.9. The van der Waals surface area contributed by atoms with E-state index in [1.165, 1.54) is 36.4 Å². The van der Waals surface area contributed by atoms with Gasteiger partial charge in [0.15, 0.2) is 0 Å². The van der Waals surface area contributed by atoms with Crippen LogP contribution >= 0.6 is 0 Å². The first-order chi connectivity index (χ1) is 16.0. The van der Waals surface area contributed by atoms with Crippen LogP contribution in [-0.4, -0.2) is 42.7 Å². The number of pyridine rings is 1. The average Bonchev–Trinajstić information content (AvgIpc) is 3.07. The molecule has 0 radical (unpaired) electrons. The number of nitrogens with zero attached hydrogens (tertiary/aromatic N) is 2. The summed E-state index contributed by atoms with van der Waals surface area (Å²) in [4.78, 5) is 17.7. The highest BCUT2D eigenvalue weighted by Crippen LogP contribution is 2.53. The Kier molecular flexibility index (Phi) is 5.45. The van der Waals surface area contributed by atoms with Crippen LogP contribution in [-0.2, 0) is 14.8 Å². The van der Waals surface area contributed by atoms with Crippen LogP contribution in [0.1, 0.15) is 51.4 Å². The Morgan fingerprint density at radius 1 is 0.909 bits per heavy atom. The Hall–Kier alpha value is -1.99. The molecule has 1 aromatic heterocycles. The number of carbonyl (C=O) groups is 1. The molecule has 176 valence electrons. The molecule has 1 aliphatic heterocycles. The molecule has 1 aromatic carbocycles. The van der Waals surface area contributed by atoms with Gasteiger partial charge in [0.1, 0.15) is 4.90 Å². The maximum atomic E-state index is 13.4. The highest BCUT2D eigenvalue weighted by atomic mass is 32.2. The zero-order valence-electron chi connectivity index (χ0n) is 19.0. The molecular weight excluding hydrogens is 434 g/mol. The summed E-state index contributed by atoms with van der Waals surface area (Å²) in [7, 11) is -3.64. The van der Waals surface area contributed by atoms with Gasteiger partial charge in [-0.15, -0.1) is 0 Å². The van der Waals surface area contributed by atoms with Crippen molar-refractivity contribution in [1.82, 2.24) is 14.6 Å². The van der Waals surface area contributed by atoms with Gasteiger partial charge in [0.2, 0.25) is 15.9 Å². The monoisotopic (exact) mass is 467 g/mol. The van der Waals surface area contributed by atoms with E-state index in [4.69, 9.17) is 0 Å². The van der Waals surface area contributed by atoms with E-state index in [2.05, 4.69) is 10.3 Å². The smallest absolute Gasteiger partial charge is 0.245 e. The van der Waals surface area contributed by atoms with Gasteiger partial charge in [-0.2, -0.15) is 4.31 Å². The number of amides is 1. The topological polar surface area (TPSA) is 79.4 Å². The quantitative estimate of drug-likeness (QED) is 0.738. The fraction of sp³-hybridized carbons (Fsp3) is 0.615. The van der Waals surface area contributed by atoms with E-state index in [1.54, 1.807) is 18.3 Å². The third-order valence-electron chi connectivity index (χ3n) is 8.96. The van der Waals surface area contributed by atoms with Gasteiger partial charge < -0.3 is 5.32 Å². The third kappa shape index (κ3) is 3.87. The van der Waals surface area contributed by atoms with Gasteiger partial charge >= 0.3 is 0 Å². The molecule has 1 saturated heterocycles. The van der Waals surface area contributed by atoms with Crippen LogP contribution in [0.5, 0.6) is 0 Å². The summed E-state index contributed by atoms with van der Waals surface area (Å²) >= 11 is 0. The molecular formula is C26H33N3O3S. The van der Waals surface area contributed by atoms with E-state index in [-0.39, 0.29) is 16.7 Å². The Bertz CT molecular complexity index is 1150. The van der Waals surface area contributed by atoms with E-state index < -0.39 is 10.0 Å². The van der Waals surface area contributed by atoms with Crippen LogP contribution in [0.4, 0.5) is 0 Å². The molecule has 1 amide bonds. The van der Waals surface area contributed by atoms with E-state index in [0.717, 1.165) is 29.6 Å². The zero-order chi connectivity index (χ0) is 22.6. The number of benzene rings is 1.